The molecule has 4 nitrogen and oxygen atoms in total. The van der Waals surface area contributed by atoms with Crippen LogP contribution in [0.2, 0.25) is 0 Å². The van der Waals surface area contributed by atoms with Gasteiger partial charge in [-0.25, -0.2) is 0 Å². The summed E-state index contributed by atoms with van der Waals surface area (Å²) in [6, 6.07) is 0.379. The lowest BCUT2D eigenvalue weighted by atomic mass is 9.75. The predicted octanol–water partition coefficient (Wildman–Crippen LogP) is 2.61. The fourth-order valence-corrected chi connectivity index (χ4v) is 2.80. The van der Waals surface area contributed by atoms with Crippen molar-refractivity contribution in [1.29, 1.82) is 0 Å². The van der Waals surface area contributed by atoms with Crippen LogP contribution in [0.1, 0.15) is 64.7 Å². The van der Waals surface area contributed by atoms with Crippen LogP contribution in [0.3, 0.4) is 0 Å². The molecule has 1 heterocycles. The maximum Gasteiger partial charge on any atom is 0.153 e. The first-order valence-electron chi connectivity index (χ1n) is 6.75. The van der Waals surface area contributed by atoms with E-state index in [9.17, 15) is 0 Å². The Balaban J connectivity index is 2.18. The van der Waals surface area contributed by atoms with Crippen LogP contribution in [0.4, 0.5) is 0 Å². The fraction of sp³-hybridized carbons (Fsp3) is 0.846. The Kier molecular flexibility index (Phi) is 3.52. The van der Waals surface area contributed by atoms with Crippen molar-refractivity contribution < 1.29 is 0 Å². The van der Waals surface area contributed by atoms with Gasteiger partial charge in [-0.2, -0.15) is 0 Å². The van der Waals surface area contributed by atoms with Crippen LogP contribution < -0.4 is 5.73 Å². The predicted molar refractivity (Wildman–Crippen MR) is 68.5 cm³/mol. The van der Waals surface area contributed by atoms with Crippen LogP contribution in [0.5, 0.6) is 0 Å². The van der Waals surface area contributed by atoms with Crippen LogP contribution in [0, 0.1) is 5.92 Å². The lowest BCUT2D eigenvalue weighted by Gasteiger charge is -2.36. The van der Waals surface area contributed by atoms with E-state index in [1.54, 1.807) is 6.33 Å². The molecule has 0 spiro atoms. The molecule has 1 aromatic heterocycles. The van der Waals surface area contributed by atoms with E-state index in [0.717, 1.165) is 24.6 Å². The molecule has 2 rings (SSSR count). The average Bonchev–Trinajstić information content (AvgIpc) is 2.80. The summed E-state index contributed by atoms with van der Waals surface area (Å²) in [6.45, 7) is 6.56. The van der Waals surface area contributed by atoms with Crippen molar-refractivity contribution in [3.63, 3.8) is 0 Å². The minimum Gasteiger partial charge on any atom is -0.319 e. The molecule has 0 amide bonds. The molecule has 1 aliphatic carbocycles. The number of rotatable bonds is 3. The van der Waals surface area contributed by atoms with Gasteiger partial charge < -0.3 is 10.3 Å². The minimum absolute atomic E-state index is 0.257. The second kappa shape index (κ2) is 4.77. The number of aromatic nitrogens is 3. The summed E-state index contributed by atoms with van der Waals surface area (Å²) in [4.78, 5) is 0. The molecule has 96 valence electrons. The van der Waals surface area contributed by atoms with E-state index in [1.165, 1.54) is 19.3 Å². The molecule has 0 aromatic carbocycles. The van der Waals surface area contributed by atoms with Gasteiger partial charge in [0, 0.05) is 6.04 Å². The van der Waals surface area contributed by atoms with Gasteiger partial charge in [-0.1, -0.05) is 13.3 Å². The normalized spacial score (nSPS) is 29.8. The third-order valence-corrected chi connectivity index (χ3v) is 4.15. The molecule has 1 fully saturated rings. The number of hydrogen-bond donors (Lipinski definition) is 1. The van der Waals surface area contributed by atoms with E-state index in [0.29, 0.717) is 6.04 Å². The van der Waals surface area contributed by atoms with Crippen molar-refractivity contribution >= 4 is 0 Å². The van der Waals surface area contributed by atoms with E-state index in [-0.39, 0.29) is 5.54 Å². The molecular formula is C13H24N4. The van der Waals surface area contributed by atoms with Crippen molar-refractivity contribution in [2.45, 2.75) is 64.5 Å². The van der Waals surface area contributed by atoms with Crippen molar-refractivity contribution in [3.8, 4) is 0 Å². The number of hydrogen-bond acceptors (Lipinski definition) is 3. The molecule has 1 aromatic rings. The van der Waals surface area contributed by atoms with Crippen LogP contribution in [0.15, 0.2) is 6.33 Å². The zero-order valence-electron chi connectivity index (χ0n) is 11.2. The molecule has 17 heavy (non-hydrogen) atoms. The zero-order chi connectivity index (χ0) is 12.5. The van der Waals surface area contributed by atoms with E-state index in [1.807, 2.05) is 0 Å². The van der Waals surface area contributed by atoms with Crippen molar-refractivity contribution in [2.75, 3.05) is 0 Å². The first-order chi connectivity index (χ1) is 8.07. The van der Waals surface area contributed by atoms with Gasteiger partial charge in [0.2, 0.25) is 0 Å². The average molecular weight is 236 g/mol. The van der Waals surface area contributed by atoms with Crippen LogP contribution in [-0.4, -0.2) is 14.8 Å². The largest absolute Gasteiger partial charge is 0.319 e. The van der Waals surface area contributed by atoms with Gasteiger partial charge in [0.05, 0.1) is 5.54 Å². The minimum atomic E-state index is -0.257. The van der Waals surface area contributed by atoms with Crippen LogP contribution >= 0.6 is 0 Å². The maximum atomic E-state index is 6.56. The van der Waals surface area contributed by atoms with Crippen LogP contribution in [0.25, 0.3) is 0 Å². The van der Waals surface area contributed by atoms with Gasteiger partial charge >= 0.3 is 0 Å². The molecule has 1 saturated carbocycles. The summed E-state index contributed by atoms with van der Waals surface area (Å²) in [5.74, 6) is 1.82. The van der Waals surface area contributed by atoms with Gasteiger partial charge in [-0.15, -0.1) is 10.2 Å². The molecule has 0 unspecified atom stereocenters. The molecule has 1 aliphatic rings. The standard InChI is InChI=1S/C13H24N4/c1-4-11-5-7-13(14,8-6-11)12-16-15-9-17(12)10(2)3/h9-11H,4-8,14H2,1-3H3. The summed E-state index contributed by atoms with van der Waals surface area (Å²) in [5, 5.41) is 8.31. The highest BCUT2D eigenvalue weighted by molar-refractivity contribution is 5.08. The third kappa shape index (κ3) is 2.37. The molecule has 0 atom stereocenters. The first-order valence-corrected chi connectivity index (χ1v) is 6.75. The van der Waals surface area contributed by atoms with Gasteiger partial charge in [0.25, 0.3) is 0 Å². The summed E-state index contributed by atoms with van der Waals surface area (Å²) >= 11 is 0. The van der Waals surface area contributed by atoms with Gasteiger partial charge in [-0.3, -0.25) is 0 Å². The SMILES string of the molecule is CCC1CCC(N)(c2nncn2C(C)C)CC1. The summed E-state index contributed by atoms with van der Waals surface area (Å²) in [5.41, 5.74) is 6.30. The quantitative estimate of drug-likeness (QED) is 0.877. The van der Waals surface area contributed by atoms with E-state index in [4.69, 9.17) is 5.73 Å². The fourth-order valence-electron chi connectivity index (χ4n) is 2.80. The van der Waals surface area contributed by atoms with E-state index in [2.05, 4.69) is 35.5 Å². The smallest absolute Gasteiger partial charge is 0.153 e. The molecule has 4 heteroatoms. The maximum absolute atomic E-state index is 6.56. The molecule has 0 bridgehead atoms. The number of nitrogens with two attached hydrogens (primary N) is 1. The highest BCUT2D eigenvalue weighted by Gasteiger charge is 2.36. The Labute approximate surface area is 104 Å². The zero-order valence-corrected chi connectivity index (χ0v) is 11.2. The van der Waals surface area contributed by atoms with Crippen molar-refractivity contribution in [3.05, 3.63) is 12.2 Å². The molecule has 0 aliphatic heterocycles. The molecule has 0 saturated heterocycles. The molecular weight excluding hydrogens is 212 g/mol. The Hall–Kier alpha value is -0.900. The third-order valence-electron chi connectivity index (χ3n) is 4.15. The Morgan fingerprint density at radius 2 is 2.12 bits per heavy atom. The lowest BCUT2D eigenvalue weighted by Crippen LogP contribution is -2.43. The summed E-state index contributed by atoms with van der Waals surface area (Å²) in [7, 11) is 0. The summed E-state index contributed by atoms with van der Waals surface area (Å²) < 4.78 is 2.12. The number of nitrogens with zero attached hydrogens (tertiary/aromatic N) is 3. The second-order valence-corrected chi connectivity index (χ2v) is 5.66. The van der Waals surface area contributed by atoms with Gasteiger partial charge in [0.15, 0.2) is 5.82 Å². The van der Waals surface area contributed by atoms with Gasteiger partial charge in [0.1, 0.15) is 6.33 Å². The van der Waals surface area contributed by atoms with Crippen molar-refractivity contribution in [2.24, 2.45) is 11.7 Å². The lowest BCUT2D eigenvalue weighted by molar-refractivity contribution is 0.214. The second-order valence-electron chi connectivity index (χ2n) is 5.66. The Bertz CT molecular complexity index is 361. The van der Waals surface area contributed by atoms with E-state index >= 15 is 0 Å². The van der Waals surface area contributed by atoms with E-state index < -0.39 is 0 Å². The highest BCUT2D eigenvalue weighted by Crippen LogP contribution is 2.38. The van der Waals surface area contributed by atoms with Crippen LogP contribution in [-0.2, 0) is 5.54 Å². The Morgan fingerprint density at radius 1 is 1.47 bits per heavy atom. The molecule has 2 N–H and O–H groups in total. The van der Waals surface area contributed by atoms with Crippen molar-refractivity contribution in [1.82, 2.24) is 14.8 Å². The first kappa shape index (κ1) is 12.6. The monoisotopic (exact) mass is 236 g/mol. The highest BCUT2D eigenvalue weighted by atomic mass is 15.3. The summed E-state index contributed by atoms with van der Waals surface area (Å²) in [6.07, 6.45) is 7.59. The Morgan fingerprint density at radius 3 is 2.65 bits per heavy atom. The van der Waals surface area contributed by atoms with Gasteiger partial charge in [-0.05, 0) is 45.4 Å². The topological polar surface area (TPSA) is 56.7 Å². The molecule has 0 radical (unpaired) electrons.